The summed E-state index contributed by atoms with van der Waals surface area (Å²) in [6.45, 7) is 3.78. The van der Waals surface area contributed by atoms with E-state index < -0.39 is 49.5 Å². The second kappa shape index (κ2) is 38.2. The zero-order chi connectivity index (χ0) is 40.9. The zero-order valence-electron chi connectivity index (χ0n) is 36.4. The molecule has 0 saturated carbocycles. The number of hydrogen-bond acceptors (Lipinski definition) is 8. The minimum atomic E-state index is -1.56. The standard InChI is InChI=1S/C47H91NO8/c1-3-5-7-9-11-13-15-17-18-19-20-21-22-23-25-27-29-31-33-35-37-43(51)48-40(39-55-47-46(54)45(53)44(52)42(38-49)56-47)41(50)36-34-32-30-28-26-24-16-14-12-10-8-6-4-2/h34,36,40-42,44-47,49-50,52-54H,3-33,35,37-39H2,1-2H3,(H,48,51)/b36-34+/t40-,41+,42+,44-,45?,46?,47+/m0/s1. The molecule has 1 aliphatic heterocycles. The van der Waals surface area contributed by atoms with Crippen LogP contribution in [0.4, 0.5) is 0 Å². The molecule has 9 nitrogen and oxygen atoms in total. The summed E-state index contributed by atoms with van der Waals surface area (Å²) in [6.07, 6.45) is 36.8. The third-order valence-corrected chi connectivity index (χ3v) is 11.6. The van der Waals surface area contributed by atoms with E-state index in [4.69, 9.17) is 9.47 Å². The maximum Gasteiger partial charge on any atom is 0.220 e. The van der Waals surface area contributed by atoms with Gasteiger partial charge in [0.25, 0.3) is 0 Å². The van der Waals surface area contributed by atoms with E-state index in [9.17, 15) is 30.3 Å². The number of aliphatic hydroxyl groups is 5. The van der Waals surface area contributed by atoms with Crippen LogP contribution in [-0.4, -0.2) is 87.5 Å². The maximum atomic E-state index is 13.0. The lowest BCUT2D eigenvalue weighted by atomic mass is 9.99. The first-order chi connectivity index (χ1) is 27.3. The second-order valence-electron chi connectivity index (χ2n) is 16.9. The molecule has 1 amide bonds. The van der Waals surface area contributed by atoms with Crippen molar-refractivity contribution in [1.82, 2.24) is 5.32 Å². The van der Waals surface area contributed by atoms with E-state index in [-0.39, 0.29) is 12.5 Å². The van der Waals surface area contributed by atoms with Crippen LogP contribution in [0.1, 0.15) is 226 Å². The number of unbranched alkanes of at least 4 members (excludes halogenated alkanes) is 30. The Balaban J connectivity index is 2.29. The van der Waals surface area contributed by atoms with Gasteiger partial charge in [-0.2, -0.15) is 0 Å². The van der Waals surface area contributed by atoms with Crippen molar-refractivity contribution in [1.29, 1.82) is 0 Å². The lowest BCUT2D eigenvalue weighted by Crippen LogP contribution is -2.60. The molecule has 0 bridgehead atoms. The van der Waals surface area contributed by atoms with Gasteiger partial charge in [-0.25, -0.2) is 0 Å². The molecule has 0 aromatic heterocycles. The average molecular weight is 798 g/mol. The zero-order valence-corrected chi connectivity index (χ0v) is 36.4. The smallest absolute Gasteiger partial charge is 0.220 e. The highest BCUT2D eigenvalue weighted by atomic mass is 16.7. The molecule has 1 heterocycles. The summed E-state index contributed by atoms with van der Waals surface area (Å²) in [7, 11) is 0. The Morgan fingerprint density at radius 1 is 0.589 bits per heavy atom. The topological polar surface area (TPSA) is 149 Å². The fourth-order valence-corrected chi connectivity index (χ4v) is 7.75. The van der Waals surface area contributed by atoms with Gasteiger partial charge in [0.15, 0.2) is 6.29 Å². The first-order valence-electron chi connectivity index (χ1n) is 23.9. The number of amides is 1. The molecule has 1 saturated heterocycles. The molecule has 7 atom stereocenters. The lowest BCUT2D eigenvalue weighted by Gasteiger charge is -2.40. The van der Waals surface area contributed by atoms with Crippen molar-refractivity contribution in [3.8, 4) is 0 Å². The highest BCUT2D eigenvalue weighted by Crippen LogP contribution is 2.23. The van der Waals surface area contributed by atoms with E-state index in [0.29, 0.717) is 6.42 Å². The fourth-order valence-electron chi connectivity index (χ4n) is 7.75. The molecule has 0 radical (unpaired) electrons. The maximum absolute atomic E-state index is 13.0. The summed E-state index contributed by atoms with van der Waals surface area (Å²) in [5.74, 6) is -0.173. The molecule has 2 unspecified atom stereocenters. The summed E-state index contributed by atoms with van der Waals surface area (Å²) < 4.78 is 11.2. The largest absolute Gasteiger partial charge is 0.394 e. The molecule has 1 fully saturated rings. The van der Waals surface area contributed by atoms with Crippen LogP contribution in [-0.2, 0) is 14.3 Å². The molecule has 1 aliphatic rings. The van der Waals surface area contributed by atoms with Gasteiger partial charge in [-0.15, -0.1) is 0 Å². The quantitative estimate of drug-likeness (QED) is 0.0265. The molecule has 1 rings (SSSR count). The Morgan fingerprint density at radius 2 is 0.982 bits per heavy atom. The number of ether oxygens (including phenoxy) is 2. The van der Waals surface area contributed by atoms with Crippen molar-refractivity contribution in [3.05, 3.63) is 12.2 Å². The minimum Gasteiger partial charge on any atom is -0.394 e. The Labute approximate surface area is 344 Å². The molecule has 0 aliphatic carbocycles. The number of allylic oxidation sites excluding steroid dienone is 1. The fraction of sp³-hybridized carbons (Fsp3) is 0.936. The number of carbonyl (C=O) groups excluding carboxylic acids is 1. The number of rotatable bonds is 40. The van der Waals surface area contributed by atoms with Crippen LogP contribution in [0.3, 0.4) is 0 Å². The van der Waals surface area contributed by atoms with Crippen molar-refractivity contribution in [2.45, 2.75) is 269 Å². The number of nitrogens with one attached hydrogen (secondary N) is 1. The molecule has 0 aromatic carbocycles. The molecule has 9 heteroatoms. The summed E-state index contributed by atoms with van der Waals surface area (Å²) >= 11 is 0. The third-order valence-electron chi connectivity index (χ3n) is 11.6. The monoisotopic (exact) mass is 798 g/mol. The SMILES string of the molecule is CCCCCCCCCCCCC/C=C/[C@@H](O)[C@H](CO[C@@H]1O[C@H](CO)[C@H](O)C(O)C1O)NC(=O)CCCCCCCCCCCCCCCCCCCCCC. The molecule has 6 N–H and O–H groups in total. The van der Waals surface area contributed by atoms with Gasteiger partial charge in [-0.3, -0.25) is 4.79 Å². The van der Waals surface area contributed by atoms with Gasteiger partial charge in [-0.05, 0) is 19.3 Å². The van der Waals surface area contributed by atoms with Gasteiger partial charge in [0.05, 0.1) is 25.4 Å². The highest BCUT2D eigenvalue weighted by molar-refractivity contribution is 5.76. The van der Waals surface area contributed by atoms with Gasteiger partial charge in [0.1, 0.15) is 24.4 Å². The van der Waals surface area contributed by atoms with E-state index >= 15 is 0 Å². The van der Waals surface area contributed by atoms with Crippen LogP contribution in [0.25, 0.3) is 0 Å². The molecular formula is C47H91NO8. The van der Waals surface area contributed by atoms with Crippen molar-refractivity contribution >= 4 is 5.91 Å². The third kappa shape index (κ3) is 28.4. The van der Waals surface area contributed by atoms with Crippen LogP contribution in [0.15, 0.2) is 12.2 Å². The van der Waals surface area contributed by atoms with Crippen molar-refractivity contribution < 1.29 is 39.8 Å². The number of hydrogen-bond donors (Lipinski definition) is 6. The summed E-state index contributed by atoms with van der Waals surface area (Å²) in [4.78, 5) is 13.0. The lowest BCUT2D eigenvalue weighted by molar-refractivity contribution is -0.302. The highest BCUT2D eigenvalue weighted by Gasteiger charge is 2.44. The van der Waals surface area contributed by atoms with Crippen molar-refractivity contribution in [3.63, 3.8) is 0 Å². The van der Waals surface area contributed by atoms with Crippen molar-refractivity contribution in [2.75, 3.05) is 13.2 Å². The molecular weight excluding hydrogens is 707 g/mol. The van der Waals surface area contributed by atoms with E-state index in [1.807, 2.05) is 6.08 Å². The summed E-state index contributed by atoms with van der Waals surface area (Å²) in [6, 6.07) is -0.798. The number of carbonyl (C=O) groups is 1. The average Bonchev–Trinajstić information content (AvgIpc) is 3.20. The normalized spacial score (nSPS) is 21.2. The van der Waals surface area contributed by atoms with Gasteiger partial charge in [0.2, 0.25) is 5.91 Å². The molecule has 332 valence electrons. The minimum absolute atomic E-state index is 0.173. The Kier molecular flexibility index (Phi) is 36.1. The predicted molar refractivity (Wildman–Crippen MR) is 231 cm³/mol. The summed E-state index contributed by atoms with van der Waals surface area (Å²) in [5.41, 5.74) is 0. The molecule has 0 aromatic rings. The molecule has 56 heavy (non-hydrogen) atoms. The van der Waals surface area contributed by atoms with E-state index in [1.165, 1.54) is 167 Å². The van der Waals surface area contributed by atoms with Crippen LogP contribution < -0.4 is 5.32 Å². The Morgan fingerprint density at radius 3 is 1.39 bits per heavy atom. The van der Waals surface area contributed by atoms with E-state index in [2.05, 4.69) is 19.2 Å². The van der Waals surface area contributed by atoms with Crippen LogP contribution in [0.5, 0.6) is 0 Å². The van der Waals surface area contributed by atoms with Crippen molar-refractivity contribution in [2.24, 2.45) is 0 Å². The van der Waals surface area contributed by atoms with Gasteiger partial charge in [-0.1, -0.05) is 212 Å². The van der Waals surface area contributed by atoms with Crippen LogP contribution in [0.2, 0.25) is 0 Å². The first kappa shape index (κ1) is 52.9. The first-order valence-corrected chi connectivity index (χ1v) is 23.9. The van der Waals surface area contributed by atoms with Gasteiger partial charge in [0, 0.05) is 6.42 Å². The summed E-state index contributed by atoms with van der Waals surface area (Å²) in [5, 5.41) is 54.2. The Bertz CT molecular complexity index is 888. The van der Waals surface area contributed by atoms with Gasteiger partial charge >= 0.3 is 0 Å². The van der Waals surface area contributed by atoms with Crippen LogP contribution in [0, 0.1) is 0 Å². The predicted octanol–water partition coefficient (Wildman–Crippen LogP) is 10.1. The van der Waals surface area contributed by atoms with Gasteiger partial charge < -0.3 is 40.3 Å². The van der Waals surface area contributed by atoms with E-state index in [0.717, 1.165) is 38.5 Å². The Hall–Kier alpha value is -1.07. The van der Waals surface area contributed by atoms with Crippen LogP contribution >= 0.6 is 0 Å². The number of aliphatic hydroxyl groups excluding tert-OH is 5. The molecule has 0 spiro atoms. The van der Waals surface area contributed by atoms with E-state index in [1.54, 1.807) is 6.08 Å². The second-order valence-corrected chi connectivity index (χ2v) is 16.9.